The van der Waals surface area contributed by atoms with E-state index >= 15 is 0 Å². The van der Waals surface area contributed by atoms with E-state index in [0.29, 0.717) is 43.7 Å². The van der Waals surface area contributed by atoms with Gasteiger partial charge in [-0.1, -0.05) is 25.1 Å². The van der Waals surface area contributed by atoms with Crippen molar-refractivity contribution in [2.45, 2.75) is 39.0 Å². The van der Waals surface area contributed by atoms with Gasteiger partial charge in [0.05, 0.1) is 23.4 Å². The molecule has 2 N–H and O–H groups in total. The van der Waals surface area contributed by atoms with Crippen LogP contribution in [0, 0.1) is 17.8 Å². The molecule has 1 aromatic carbocycles. The number of fused-ring (bicyclic) bond motifs is 1. The van der Waals surface area contributed by atoms with Crippen LogP contribution in [0.3, 0.4) is 0 Å². The lowest BCUT2D eigenvalue weighted by atomic mass is 9.80. The Balaban J connectivity index is 1.48. The predicted octanol–water partition coefficient (Wildman–Crippen LogP) is 2.03. The van der Waals surface area contributed by atoms with Crippen LogP contribution < -0.4 is 15.8 Å². The summed E-state index contributed by atoms with van der Waals surface area (Å²) >= 11 is 0. The summed E-state index contributed by atoms with van der Waals surface area (Å²) < 4.78 is 0. The van der Waals surface area contributed by atoms with Crippen molar-refractivity contribution in [2.24, 2.45) is 17.8 Å². The molecule has 4 amide bonds. The van der Waals surface area contributed by atoms with E-state index in [2.05, 4.69) is 10.7 Å². The van der Waals surface area contributed by atoms with E-state index in [1.54, 1.807) is 29.2 Å². The average Bonchev–Trinajstić information content (AvgIpc) is 2.84. The molecule has 32 heavy (non-hydrogen) atoms. The fraction of sp³-hybridized carbons (Fsp3) is 0.500. The second kappa shape index (κ2) is 9.54. The molecule has 170 valence electrons. The Hall–Kier alpha value is -3.16. The third-order valence-electron chi connectivity index (χ3n) is 6.51. The minimum Gasteiger partial charge on any atom is -0.356 e. The summed E-state index contributed by atoms with van der Waals surface area (Å²) in [6.45, 7) is 3.62. The lowest BCUT2D eigenvalue weighted by Crippen LogP contribution is -2.59. The molecule has 2 fully saturated rings. The smallest absolute Gasteiger partial charge is 0.253 e. The molecule has 0 spiro atoms. The first-order valence-electron chi connectivity index (χ1n) is 11.5. The minimum atomic E-state index is -0.377. The molecule has 3 aliphatic rings. The van der Waals surface area contributed by atoms with Crippen molar-refractivity contribution in [3.8, 4) is 0 Å². The van der Waals surface area contributed by atoms with Gasteiger partial charge in [0.2, 0.25) is 17.7 Å². The van der Waals surface area contributed by atoms with Crippen molar-refractivity contribution in [3.63, 3.8) is 0 Å². The van der Waals surface area contributed by atoms with Gasteiger partial charge >= 0.3 is 0 Å². The van der Waals surface area contributed by atoms with Gasteiger partial charge in [-0.25, -0.2) is 5.01 Å². The van der Waals surface area contributed by atoms with Gasteiger partial charge in [0.1, 0.15) is 0 Å². The number of hydrazine groups is 1. The lowest BCUT2D eigenvalue weighted by Gasteiger charge is -2.38. The van der Waals surface area contributed by atoms with Gasteiger partial charge in [-0.2, -0.15) is 0 Å². The summed E-state index contributed by atoms with van der Waals surface area (Å²) in [7, 11) is 0. The molecule has 0 radical (unpaired) electrons. The zero-order valence-corrected chi connectivity index (χ0v) is 18.4. The normalized spacial score (nSPS) is 25.2. The van der Waals surface area contributed by atoms with Crippen molar-refractivity contribution >= 4 is 29.3 Å². The molecule has 2 heterocycles. The minimum absolute atomic E-state index is 0.00388. The van der Waals surface area contributed by atoms with Crippen LogP contribution in [0.5, 0.6) is 0 Å². The highest BCUT2D eigenvalue weighted by molar-refractivity contribution is 6.05. The highest BCUT2D eigenvalue weighted by atomic mass is 16.2. The van der Waals surface area contributed by atoms with Crippen molar-refractivity contribution < 1.29 is 19.2 Å². The summed E-state index contributed by atoms with van der Waals surface area (Å²) in [6.07, 6.45) is 7.41. The van der Waals surface area contributed by atoms with Gasteiger partial charge < -0.3 is 10.2 Å². The maximum Gasteiger partial charge on any atom is 0.253 e. The van der Waals surface area contributed by atoms with E-state index in [1.165, 1.54) is 5.01 Å². The van der Waals surface area contributed by atoms with E-state index in [4.69, 9.17) is 0 Å². The van der Waals surface area contributed by atoms with Gasteiger partial charge in [0, 0.05) is 25.2 Å². The Labute approximate surface area is 188 Å². The molecule has 4 rings (SSSR count). The molecule has 3 unspecified atom stereocenters. The summed E-state index contributed by atoms with van der Waals surface area (Å²) in [5.74, 6) is -1.43. The van der Waals surface area contributed by atoms with Crippen LogP contribution in [0.2, 0.25) is 0 Å². The molecular weight excluding hydrogens is 408 g/mol. The molecule has 0 bridgehead atoms. The fourth-order valence-corrected chi connectivity index (χ4v) is 4.71. The van der Waals surface area contributed by atoms with E-state index in [-0.39, 0.29) is 41.4 Å². The number of likely N-dealkylation sites (tertiary alicyclic amines) is 1. The number of rotatable bonds is 5. The van der Waals surface area contributed by atoms with Crippen molar-refractivity contribution in [2.75, 3.05) is 24.6 Å². The monoisotopic (exact) mass is 438 g/mol. The van der Waals surface area contributed by atoms with Gasteiger partial charge in [0.15, 0.2) is 0 Å². The first kappa shape index (κ1) is 22.0. The SMILES string of the molecule is CCCNC(=O)C1CCCN(C(=O)c2cccc(N3NC(=O)C4CC=CCC4C3=O)c2)C1. The van der Waals surface area contributed by atoms with E-state index in [0.717, 1.165) is 19.3 Å². The third-order valence-corrected chi connectivity index (χ3v) is 6.51. The number of hydrogen-bond acceptors (Lipinski definition) is 4. The summed E-state index contributed by atoms with van der Waals surface area (Å²) in [6, 6.07) is 6.77. The lowest BCUT2D eigenvalue weighted by molar-refractivity contribution is -0.139. The molecule has 3 atom stereocenters. The molecule has 2 saturated heterocycles. The van der Waals surface area contributed by atoms with Crippen molar-refractivity contribution in [1.82, 2.24) is 15.6 Å². The highest BCUT2D eigenvalue weighted by Gasteiger charge is 2.42. The van der Waals surface area contributed by atoms with Gasteiger partial charge in [0.25, 0.3) is 5.91 Å². The summed E-state index contributed by atoms with van der Waals surface area (Å²) in [4.78, 5) is 52.8. The molecule has 1 aliphatic carbocycles. The standard InChI is InChI=1S/C24H30N4O4/c1-2-12-25-21(29)17-8-6-13-27(15-17)23(31)16-7-5-9-18(14-16)28-24(32)20-11-4-3-10-19(20)22(30)26-28/h3-5,7,9,14,17,19-20H,2,6,8,10-13,15H2,1H3,(H,25,29)(H,26,30). The summed E-state index contributed by atoms with van der Waals surface area (Å²) in [5, 5.41) is 4.19. The van der Waals surface area contributed by atoms with E-state index in [9.17, 15) is 19.2 Å². The molecule has 1 aromatic rings. The average molecular weight is 439 g/mol. The van der Waals surface area contributed by atoms with Crippen LogP contribution in [-0.2, 0) is 14.4 Å². The second-order valence-corrected chi connectivity index (χ2v) is 8.74. The van der Waals surface area contributed by atoms with Gasteiger partial charge in [-0.05, 0) is 50.3 Å². The van der Waals surface area contributed by atoms with Crippen LogP contribution in [-0.4, -0.2) is 48.2 Å². The van der Waals surface area contributed by atoms with Gasteiger partial charge in [-0.15, -0.1) is 0 Å². The molecular formula is C24H30N4O4. The fourth-order valence-electron chi connectivity index (χ4n) is 4.71. The Morgan fingerprint density at radius 1 is 1.16 bits per heavy atom. The topological polar surface area (TPSA) is 98.8 Å². The number of hydrogen-bond donors (Lipinski definition) is 2. The Morgan fingerprint density at radius 2 is 1.94 bits per heavy atom. The summed E-state index contributed by atoms with van der Waals surface area (Å²) in [5.41, 5.74) is 3.61. The number of amides is 4. The Bertz CT molecular complexity index is 944. The van der Waals surface area contributed by atoms with E-state index < -0.39 is 0 Å². The number of allylic oxidation sites excluding steroid dienone is 2. The number of benzene rings is 1. The van der Waals surface area contributed by atoms with Crippen molar-refractivity contribution in [3.05, 3.63) is 42.0 Å². The molecule has 0 saturated carbocycles. The maximum atomic E-state index is 13.2. The van der Waals surface area contributed by atoms with Crippen LogP contribution >= 0.6 is 0 Å². The number of carbonyl (C=O) groups excluding carboxylic acids is 4. The molecule has 0 aromatic heterocycles. The highest BCUT2D eigenvalue weighted by Crippen LogP contribution is 2.32. The van der Waals surface area contributed by atoms with Crippen LogP contribution in [0.4, 0.5) is 5.69 Å². The largest absolute Gasteiger partial charge is 0.356 e. The van der Waals surface area contributed by atoms with Crippen LogP contribution in [0.15, 0.2) is 36.4 Å². The van der Waals surface area contributed by atoms with Gasteiger partial charge in [-0.3, -0.25) is 24.6 Å². The first-order valence-corrected chi connectivity index (χ1v) is 11.5. The Morgan fingerprint density at radius 3 is 2.72 bits per heavy atom. The molecule has 8 heteroatoms. The van der Waals surface area contributed by atoms with Crippen molar-refractivity contribution in [1.29, 1.82) is 0 Å². The third kappa shape index (κ3) is 4.40. The number of carbonyl (C=O) groups is 4. The molecule has 2 aliphatic heterocycles. The van der Waals surface area contributed by atoms with Crippen LogP contribution in [0.25, 0.3) is 0 Å². The number of nitrogens with one attached hydrogen (secondary N) is 2. The number of anilines is 1. The zero-order valence-electron chi connectivity index (χ0n) is 18.4. The first-order chi connectivity index (χ1) is 15.5. The quantitative estimate of drug-likeness (QED) is 0.687. The van der Waals surface area contributed by atoms with E-state index in [1.807, 2.05) is 19.1 Å². The number of piperidine rings is 1. The Kier molecular flexibility index (Phi) is 6.58. The second-order valence-electron chi connectivity index (χ2n) is 8.74. The van der Waals surface area contributed by atoms with Crippen LogP contribution in [0.1, 0.15) is 49.4 Å². The zero-order chi connectivity index (χ0) is 22.7. The number of nitrogens with zero attached hydrogens (tertiary/aromatic N) is 2. The predicted molar refractivity (Wildman–Crippen MR) is 119 cm³/mol. The molecule has 8 nitrogen and oxygen atoms in total. The maximum absolute atomic E-state index is 13.2.